The summed E-state index contributed by atoms with van der Waals surface area (Å²) in [5.41, 5.74) is 10.6. The molecule has 0 saturated heterocycles. The molecule has 0 fully saturated rings. The van der Waals surface area contributed by atoms with Crippen molar-refractivity contribution in [2.24, 2.45) is 0 Å². The number of furan rings is 1. The summed E-state index contributed by atoms with van der Waals surface area (Å²) in [6.45, 7) is 0. The fraction of sp³-hybridized carbons (Fsp3) is 0. The smallest absolute Gasteiger partial charge is 0.456 e. The van der Waals surface area contributed by atoms with E-state index in [0.717, 1.165) is 72.0 Å². The minimum atomic E-state index is 0. The molecule has 2 aromatic heterocycles. The Labute approximate surface area is 313 Å². The Morgan fingerprint density at radius 1 is 0.380 bits per heavy atom. The summed E-state index contributed by atoms with van der Waals surface area (Å²) in [4.78, 5) is 15.2. The third-order valence-corrected chi connectivity index (χ3v) is 8.75. The summed E-state index contributed by atoms with van der Waals surface area (Å²) >= 11 is 0. The monoisotopic (exact) mass is 863 g/mol. The van der Waals surface area contributed by atoms with E-state index < -0.39 is 0 Å². The largest absolute Gasteiger partial charge is 2.00 e. The van der Waals surface area contributed by atoms with Crippen molar-refractivity contribution in [3.63, 3.8) is 0 Å². The van der Waals surface area contributed by atoms with Gasteiger partial charge in [-0.2, -0.15) is 36.4 Å². The van der Waals surface area contributed by atoms with Crippen LogP contribution in [0.15, 0.2) is 168 Å². The van der Waals surface area contributed by atoms with Crippen LogP contribution in [0.3, 0.4) is 0 Å². The van der Waals surface area contributed by atoms with E-state index in [1.165, 1.54) is 0 Å². The van der Waals surface area contributed by atoms with Gasteiger partial charge in [-0.05, 0) is 58.7 Å². The number of rotatable bonds is 6. The van der Waals surface area contributed by atoms with Crippen molar-refractivity contribution in [3.05, 3.63) is 176 Å². The Hall–Kier alpha value is -5.60. The summed E-state index contributed by atoms with van der Waals surface area (Å²) in [6, 6.07) is 62.2. The predicted octanol–water partition coefficient (Wildman–Crippen LogP) is 11.4. The maximum absolute atomic E-state index is 6.25. The molecule has 0 atom stereocenters. The van der Waals surface area contributed by atoms with Crippen LogP contribution < -0.4 is 0 Å². The molecule has 9 aromatic rings. The predicted molar refractivity (Wildman–Crippen MR) is 197 cm³/mol. The zero-order valence-electron chi connectivity index (χ0n) is 26.8. The third kappa shape index (κ3) is 6.19. The molecule has 0 aliphatic rings. The minimum absolute atomic E-state index is 0. The number of hydrogen-bond donors (Lipinski definition) is 0. The molecule has 5 heteroatoms. The average molecular weight is 864 g/mol. The van der Waals surface area contributed by atoms with E-state index in [1.807, 2.05) is 78.9 Å². The normalized spacial score (nSPS) is 11.0. The van der Waals surface area contributed by atoms with Crippen LogP contribution >= 0.6 is 0 Å². The Morgan fingerprint density at radius 3 is 1.60 bits per heavy atom. The molecule has 0 saturated carbocycles. The number of hydrogen-bond acceptors (Lipinski definition) is 4. The molecule has 0 radical (unpaired) electrons. The van der Waals surface area contributed by atoms with E-state index in [-0.39, 0.29) is 31.1 Å². The summed E-state index contributed by atoms with van der Waals surface area (Å²) in [5, 5.41) is 2.14. The van der Waals surface area contributed by atoms with Crippen LogP contribution in [0.25, 0.3) is 89.5 Å². The van der Waals surface area contributed by atoms with Crippen molar-refractivity contribution >= 4 is 21.9 Å². The van der Waals surface area contributed by atoms with Gasteiger partial charge in [0.15, 0.2) is 11.6 Å². The van der Waals surface area contributed by atoms with Crippen molar-refractivity contribution in [3.8, 4) is 67.5 Å². The molecule has 0 aliphatic carbocycles. The number of aromatic nitrogens is 3. The Morgan fingerprint density at radius 2 is 0.940 bits per heavy atom. The van der Waals surface area contributed by atoms with Crippen LogP contribution in [0.2, 0.25) is 0 Å². The SMILES string of the molecule is [U+2].[c-]1ccccc1-c1[c-]cc(-c2nc(-c3cc(-c4ccccc4)cc(-c4ccccc4)c3)nc(-c3ccc4c(c3)oc3ccccc34)n2)cc1. The van der Waals surface area contributed by atoms with Crippen molar-refractivity contribution in [2.45, 2.75) is 0 Å². The van der Waals surface area contributed by atoms with Crippen molar-refractivity contribution < 1.29 is 35.5 Å². The van der Waals surface area contributed by atoms with Crippen molar-refractivity contribution in [1.29, 1.82) is 0 Å². The molecule has 0 amide bonds. The van der Waals surface area contributed by atoms with Crippen LogP contribution in [-0.2, 0) is 0 Å². The van der Waals surface area contributed by atoms with Gasteiger partial charge in [0.2, 0.25) is 0 Å². The molecular weight excluding hydrogens is 837 g/mol. The summed E-state index contributed by atoms with van der Waals surface area (Å²) in [6.07, 6.45) is 0. The molecule has 0 N–H and O–H groups in total. The third-order valence-electron chi connectivity index (χ3n) is 8.75. The molecule has 0 bridgehead atoms. The van der Waals surface area contributed by atoms with Crippen molar-refractivity contribution in [2.75, 3.05) is 0 Å². The van der Waals surface area contributed by atoms with Gasteiger partial charge in [0.25, 0.3) is 0 Å². The number of benzene rings is 7. The van der Waals surface area contributed by atoms with Gasteiger partial charge in [0.05, 0.1) is 0 Å². The first-order valence-corrected chi connectivity index (χ1v) is 16.2. The maximum atomic E-state index is 6.25. The quantitative estimate of drug-likeness (QED) is 0.156. The Kier molecular flexibility index (Phi) is 8.69. The molecule has 50 heavy (non-hydrogen) atoms. The van der Waals surface area contributed by atoms with Crippen molar-refractivity contribution in [1.82, 2.24) is 15.0 Å². The first-order valence-electron chi connectivity index (χ1n) is 16.2. The minimum Gasteiger partial charge on any atom is -0.456 e. The van der Waals surface area contributed by atoms with Crippen LogP contribution in [0.4, 0.5) is 0 Å². The molecule has 0 spiro atoms. The van der Waals surface area contributed by atoms with Gasteiger partial charge in [-0.1, -0.05) is 90.5 Å². The number of fused-ring (bicyclic) bond motifs is 3. The van der Waals surface area contributed by atoms with E-state index in [4.69, 9.17) is 19.4 Å². The second-order valence-electron chi connectivity index (χ2n) is 11.9. The number of nitrogens with zero attached hydrogens (tertiary/aromatic N) is 3. The number of para-hydroxylation sites is 1. The fourth-order valence-electron chi connectivity index (χ4n) is 6.27. The van der Waals surface area contributed by atoms with E-state index in [0.29, 0.717) is 17.5 Å². The van der Waals surface area contributed by atoms with E-state index >= 15 is 0 Å². The Bertz CT molecular complexity index is 2530. The topological polar surface area (TPSA) is 51.8 Å². The van der Waals surface area contributed by atoms with Gasteiger partial charge in [-0.25, -0.2) is 26.1 Å². The van der Waals surface area contributed by atoms with Gasteiger partial charge in [0.1, 0.15) is 17.0 Å². The van der Waals surface area contributed by atoms with Crippen LogP contribution in [0, 0.1) is 43.2 Å². The molecular formula is C45H27N3OU. The molecule has 2 heterocycles. The van der Waals surface area contributed by atoms with Crippen LogP contribution in [0.1, 0.15) is 0 Å². The molecule has 9 rings (SSSR count). The Balaban J connectivity index is 0.00000361. The first kappa shape index (κ1) is 31.7. The fourth-order valence-corrected chi connectivity index (χ4v) is 6.27. The van der Waals surface area contributed by atoms with Gasteiger partial charge in [-0.3, -0.25) is 0 Å². The van der Waals surface area contributed by atoms with E-state index in [1.54, 1.807) is 0 Å². The van der Waals surface area contributed by atoms with E-state index in [9.17, 15) is 0 Å². The van der Waals surface area contributed by atoms with Crippen LogP contribution in [-0.4, -0.2) is 15.0 Å². The second-order valence-corrected chi connectivity index (χ2v) is 11.9. The standard InChI is InChI=1S/C45H27N3O.U/c1-4-12-30(13-5-1)33-20-22-34(23-21-33)43-46-44(35-24-25-40-39-18-10-11-19-41(39)49-42(40)29-35)48-45(47-43)38-27-36(31-14-6-2-7-15-31)26-37(28-38)32-16-8-3-9-17-32;/h1-12,14-20,22-29H;/q-2;+2. The molecule has 4 nitrogen and oxygen atoms in total. The van der Waals surface area contributed by atoms with E-state index in [2.05, 4.69) is 97.1 Å². The zero-order chi connectivity index (χ0) is 32.6. The first-order chi connectivity index (χ1) is 24.2. The molecule has 232 valence electrons. The second kappa shape index (κ2) is 13.7. The van der Waals surface area contributed by atoms with Gasteiger partial charge >= 0.3 is 31.1 Å². The zero-order valence-corrected chi connectivity index (χ0v) is 31.0. The van der Waals surface area contributed by atoms with Gasteiger partial charge in [-0.15, -0.1) is 18.2 Å². The molecule has 7 aromatic carbocycles. The molecule has 0 aliphatic heterocycles. The maximum Gasteiger partial charge on any atom is 2.00 e. The van der Waals surface area contributed by atoms with Crippen LogP contribution in [0.5, 0.6) is 0 Å². The summed E-state index contributed by atoms with van der Waals surface area (Å²) < 4.78 is 6.25. The van der Waals surface area contributed by atoms with Gasteiger partial charge < -0.3 is 4.42 Å². The average Bonchev–Trinajstić information content (AvgIpc) is 3.57. The molecule has 0 unspecified atom stereocenters. The van der Waals surface area contributed by atoms with Gasteiger partial charge in [0, 0.05) is 21.9 Å². The summed E-state index contributed by atoms with van der Waals surface area (Å²) in [5.74, 6) is 1.71. The summed E-state index contributed by atoms with van der Waals surface area (Å²) in [7, 11) is 0.